The average Bonchev–Trinajstić information content (AvgIpc) is 2.57. The summed E-state index contributed by atoms with van der Waals surface area (Å²) >= 11 is 0. The van der Waals surface area contributed by atoms with Crippen LogP contribution in [0, 0.1) is 0 Å². The van der Waals surface area contributed by atoms with Crippen molar-refractivity contribution in [2.75, 3.05) is 28.4 Å². The van der Waals surface area contributed by atoms with Crippen LogP contribution in [0.1, 0.15) is 5.56 Å². The van der Waals surface area contributed by atoms with Crippen molar-refractivity contribution in [3.05, 3.63) is 46.9 Å². The molecule has 23 heavy (non-hydrogen) atoms. The number of carbonyl (C=O) groups is 1. The minimum Gasteiger partial charge on any atom is -0.502 e. The summed E-state index contributed by atoms with van der Waals surface area (Å²) < 4.78 is 20.4. The number of carbonyl (C=O) groups excluding carboxylic acids is 1. The van der Waals surface area contributed by atoms with Gasteiger partial charge >= 0.3 is 0 Å². The highest BCUT2D eigenvalue weighted by Gasteiger charge is 2.21. The Morgan fingerprint density at radius 1 is 0.870 bits per heavy atom. The summed E-state index contributed by atoms with van der Waals surface area (Å²) in [5, 5.41) is 9.93. The van der Waals surface area contributed by atoms with Gasteiger partial charge in [-0.2, -0.15) is 0 Å². The molecule has 1 aromatic carbocycles. The zero-order chi connectivity index (χ0) is 17.0. The highest BCUT2D eigenvalue weighted by atomic mass is 16.5. The molecule has 0 aliphatic heterocycles. The molecular formula is C17H18O6. The monoisotopic (exact) mass is 318 g/mol. The zero-order valence-electron chi connectivity index (χ0n) is 13.4. The molecule has 6 nitrogen and oxygen atoms in total. The van der Waals surface area contributed by atoms with Crippen molar-refractivity contribution in [1.29, 1.82) is 0 Å². The molecule has 1 aliphatic rings. The van der Waals surface area contributed by atoms with Gasteiger partial charge in [-0.15, -0.1) is 0 Å². The predicted molar refractivity (Wildman–Crippen MR) is 84.4 cm³/mol. The van der Waals surface area contributed by atoms with E-state index in [0.717, 1.165) is 5.56 Å². The number of Topliss-reactive ketones (excluding diaryl/α,β-unsaturated/α-hetero) is 1. The molecule has 0 heterocycles. The number of rotatable bonds is 5. The molecule has 0 atom stereocenters. The normalized spacial score (nSPS) is 13.9. The molecule has 0 saturated heterocycles. The number of aromatic hydroxyl groups is 1. The van der Waals surface area contributed by atoms with Crippen molar-refractivity contribution in [3.8, 4) is 17.2 Å². The first-order valence-corrected chi connectivity index (χ1v) is 6.76. The molecule has 0 saturated carbocycles. The van der Waals surface area contributed by atoms with Crippen molar-refractivity contribution in [2.24, 2.45) is 0 Å². The maximum atomic E-state index is 11.9. The number of phenolic OH excluding ortho intramolecular Hbond substituents is 1. The summed E-state index contributed by atoms with van der Waals surface area (Å²) in [6, 6.07) is 3.31. The smallest absolute Gasteiger partial charge is 0.261 e. The van der Waals surface area contributed by atoms with E-state index >= 15 is 0 Å². The van der Waals surface area contributed by atoms with Crippen LogP contribution in [0.15, 0.2) is 41.4 Å². The molecule has 6 heteroatoms. The summed E-state index contributed by atoms with van der Waals surface area (Å²) in [5.74, 6) is 0.566. The van der Waals surface area contributed by atoms with Gasteiger partial charge in [0.2, 0.25) is 5.75 Å². The quantitative estimate of drug-likeness (QED) is 0.899. The third kappa shape index (κ3) is 3.31. The Hall–Kier alpha value is -2.89. The van der Waals surface area contributed by atoms with Crippen molar-refractivity contribution in [3.63, 3.8) is 0 Å². The lowest BCUT2D eigenvalue weighted by molar-refractivity contribution is -0.117. The number of allylic oxidation sites excluding steroid dienone is 3. The van der Waals surface area contributed by atoms with Gasteiger partial charge in [0.1, 0.15) is 0 Å². The van der Waals surface area contributed by atoms with Crippen LogP contribution in [-0.2, 0) is 14.3 Å². The van der Waals surface area contributed by atoms with Crippen LogP contribution in [0.4, 0.5) is 0 Å². The maximum Gasteiger partial charge on any atom is 0.261 e. The van der Waals surface area contributed by atoms with Gasteiger partial charge in [0.25, 0.3) is 5.78 Å². The number of methoxy groups -OCH3 is 4. The van der Waals surface area contributed by atoms with E-state index < -0.39 is 0 Å². The van der Waals surface area contributed by atoms with Gasteiger partial charge in [-0.3, -0.25) is 4.79 Å². The second-order valence-electron chi connectivity index (χ2n) is 4.67. The minimum atomic E-state index is -0.312. The van der Waals surface area contributed by atoms with Gasteiger partial charge in [0.05, 0.1) is 28.4 Å². The van der Waals surface area contributed by atoms with Crippen molar-refractivity contribution < 1.29 is 28.8 Å². The summed E-state index contributed by atoms with van der Waals surface area (Å²) in [7, 11) is 5.76. The lowest BCUT2D eigenvalue weighted by Gasteiger charge is -2.14. The highest BCUT2D eigenvalue weighted by Crippen LogP contribution is 2.38. The predicted octanol–water partition coefficient (Wildman–Crippen LogP) is 2.44. The fourth-order valence-corrected chi connectivity index (χ4v) is 2.17. The van der Waals surface area contributed by atoms with Gasteiger partial charge in [-0.05, 0) is 41.5 Å². The molecule has 0 bridgehead atoms. The third-order valence-corrected chi connectivity index (χ3v) is 3.32. The summed E-state index contributed by atoms with van der Waals surface area (Å²) in [5.41, 5.74) is 1.42. The lowest BCUT2D eigenvalue weighted by atomic mass is 10.0. The fourth-order valence-electron chi connectivity index (χ4n) is 2.17. The van der Waals surface area contributed by atoms with Crippen LogP contribution in [-0.4, -0.2) is 39.3 Å². The standard InChI is InChI=1S/C17H18O6/c1-20-12-6-10(7-13(21-2)16(12)18)5-11-8-14(22-3)17(19)15(9-11)23-4/h5-9,18H,1-4H3. The summed E-state index contributed by atoms with van der Waals surface area (Å²) in [4.78, 5) is 11.9. The van der Waals surface area contributed by atoms with Crippen LogP contribution in [0.3, 0.4) is 0 Å². The van der Waals surface area contributed by atoms with Gasteiger partial charge in [-0.1, -0.05) is 0 Å². The molecule has 0 unspecified atom stereocenters. The Kier molecular flexibility index (Phi) is 4.95. The second kappa shape index (κ2) is 6.91. The van der Waals surface area contributed by atoms with E-state index in [1.165, 1.54) is 28.4 Å². The summed E-state index contributed by atoms with van der Waals surface area (Å²) in [6.07, 6.45) is 5.00. The first-order chi connectivity index (χ1) is 11.0. The fraction of sp³-hybridized carbons (Fsp3) is 0.235. The molecule has 1 N–H and O–H groups in total. The molecule has 122 valence electrons. The van der Waals surface area contributed by atoms with Crippen molar-refractivity contribution in [1.82, 2.24) is 0 Å². The van der Waals surface area contributed by atoms with E-state index in [-0.39, 0.29) is 34.6 Å². The van der Waals surface area contributed by atoms with E-state index in [0.29, 0.717) is 5.57 Å². The Balaban J connectivity index is 2.50. The second-order valence-corrected chi connectivity index (χ2v) is 4.67. The van der Waals surface area contributed by atoms with Gasteiger partial charge in [0, 0.05) is 0 Å². The number of ether oxygens (including phenoxy) is 4. The van der Waals surface area contributed by atoms with E-state index in [9.17, 15) is 9.90 Å². The molecule has 1 aliphatic carbocycles. The van der Waals surface area contributed by atoms with Crippen LogP contribution < -0.4 is 9.47 Å². The van der Waals surface area contributed by atoms with E-state index in [1.807, 2.05) is 0 Å². The Morgan fingerprint density at radius 3 is 1.74 bits per heavy atom. The molecule has 0 radical (unpaired) electrons. The van der Waals surface area contributed by atoms with Gasteiger partial charge < -0.3 is 24.1 Å². The number of hydrogen-bond donors (Lipinski definition) is 1. The van der Waals surface area contributed by atoms with E-state index in [4.69, 9.17) is 18.9 Å². The van der Waals surface area contributed by atoms with Crippen LogP contribution in [0.25, 0.3) is 6.08 Å². The van der Waals surface area contributed by atoms with E-state index in [2.05, 4.69) is 0 Å². The van der Waals surface area contributed by atoms with Crippen LogP contribution in [0.5, 0.6) is 17.2 Å². The third-order valence-electron chi connectivity index (χ3n) is 3.32. The van der Waals surface area contributed by atoms with Crippen molar-refractivity contribution >= 4 is 11.9 Å². The lowest BCUT2D eigenvalue weighted by Crippen LogP contribution is -2.13. The summed E-state index contributed by atoms with van der Waals surface area (Å²) in [6.45, 7) is 0. The van der Waals surface area contributed by atoms with Crippen molar-refractivity contribution in [2.45, 2.75) is 0 Å². The maximum absolute atomic E-state index is 11.9. The largest absolute Gasteiger partial charge is 0.502 e. The Morgan fingerprint density at radius 2 is 1.35 bits per heavy atom. The van der Waals surface area contributed by atoms with E-state index in [1.54, 1.807) is 30.4 Å². The first-order valence-electron chi connectivity index (χ1n) is 6.76. The molecule has 0 fully saturated rings. The van der Waals surface area contributed by atoms with Gasteiger partial charge in [0.15, 0.2) is 23.0 Å². The molecule has 2 rings (SSSR count). The average molecular weight is 318 g/mol. The molecular weight excluding hydrogens is 300 g/mol. The molecule has 1 aromatic rings. The minimum absolute atomic E-state index is 0.0720. The van der Waals surface area contributed by atoms with Gasteiger partial charge in [-0.25, -0.2) is 0 Å². The number of ketones is 1. The number of benzene rings is 1. The number of phenols is 1. The Labute approximate surface area is 134 Å². The molecule has 0 amide bonds. The first kappa shape index (κ1) is 16.5. The van der Waals surface area contributed by atoms with Crippen LogP contribution in [0.2, 0.25) is 0 Å². The molecule has 0 spiro atoms. The number of hydrogen-bond acceptors (Lipinski definition) is 6. The SMILES string of the molecule is COC1=CC(=Cc2cc(OC)c(O)c(OC)c2)C=C(OC)C1=O. The Bertz CT molecular complexity index is 661. The topological polar surface area (TPSA) is 74.2 Å². The molecule has 0 aromatic heterocycles. The zero-order valence-corrected chi connectivity index (χ0v) is 13.4. The van der Waals surface area contributed by atoms with Crippen LogP contribution >= 0.6 is 0 Å². The highest BCUT2D eigenvalue weighted by molar-refractivity contribution is 6.07.